The quantitative estimate of drug-likeness (QED) is 0.143. The molecular weight excluding hydrogens is 917 g/mol. The SMILES string of the molecule is COc1ccc2c(c1)c1c3c(c4c5cc(OC)ccc5n5c4c1n2C1C[C@H]5CC1=O)C(=O)NC3=O.COc1ccc2c(c1)c1c3c(c4c5cc(OC)ccc5n5c4c1n2C1C[C@H]5C[C@@]1(N)C#N)C(=O)NC3=O. The van der Waals surface area contributed by atoms with Crippen LogP contribution in [0.4, 0.5) is 0 Å². The lowest BCUT2D eigenvalue weighted by Crippen LogP contribution is -2.43. The molecule has 0 spiro atoms. The van der Waals surface area contributed by atoms with Crippen molar-refractivity contribution >= 4 is 117 Å². The molecule has 4 N–H and O–H groups in total. The number of nitriles is 1. The zero-order valence-corrected chi connectivity index (χ0v) is 39.1. The first-order valence-electron chi connectivity index (χ1n) is 23.7. The number of nitrogens with one attached hydrogen (secondary N) is 2. The lowest BCUT2D eigenvalue weighted by molar-refractivity contribution is -0.120. The molecule has 2 saturated carbocycles. The van der Waals surface area contributed by atoms with Crippen LogP contribution in [-0.2, 0) is 4.79 Å². The topological polar surface area (TPSA) is 216 Å². The molecule has 72 heavy (non-hydrogen) atoms. The van der Waals surface area contributed by atoms with E-state index in [0.29, 0.717) is 81.7 Å². The Hall–Kier alpha value is -8.88. The minimum Gasteiger partial charge on any atom is -0.497 e. The molecule has 2 unspecified atom stereocenters. The summed E-state index contributed by atoms with van der Waals surface area (Å²) < 4.78 is 30.8. The third-order valence-electron chi connectivity index (χ3n) is 16.7. The average molecular weight is 957 g/mol. The Labute approximate surface area is 406 Å². The average Bonchev–Trinajstić information content (AvgIpc) is 4.26. The highest BCUT2D eigenvalue weighted by molar-refractivity contribution is 6.41. The molecule has 6 aromatic carbocycles. The number of ether oxygens (including phenoxy) is 4. The van der Waals surface area contributed by atoms with Crippen LogP contribution >= 0.6 is 0 Å². The van der Waals surface area contributed by atoms with Gasteiger partial charge >= 0.3 is 0 Å². The maximum atomic E-state index is 13.4. The summed E-state index contributed by atoms with van der Waals surface area (Å²) in [5.41, 5.74) is 14.2. The van der Waals surface area contributed by atoms with Gasteiger partial charge in [0.2, 0.25) is 0 Å². The van der Waals surface area contributed by atoms with Crippen molar-refractivity contribution < 1.29 is 42.9 Å². The predicted molar refractivity (Wildman–Crippen MR) is 267 cm³/mol. The Morgan fingerprint density at radius 3 is 1.29 bits per heavy atom. The van der Waals surface area contributed by atoms with Gasteiger partial charge in [0, 0.05) is 84.6 Å². The molecule has 4 aromatic heterocycles. The Kier molecular flexibility index (Phi) is 7.68. The number of nitrogens with two attached hydrogens (primary N) is 1. The minimum absolute atomic E-state index is 0.0319. The zero-order valence-electron chi connectivity index (χ0n) is 39.1. The fraction of sp³-hybridized carbons (Fsp3) is 0.236. The summed E-state index contributed by atoms with van der Waals surface area (Å²) >= 11 is 0. The van der Waals surface area contributed by atoms with Crippen LogP contribution in [0.2, 0.25) is 0 Å². The predicted octanol–water partition coefficient (Wildman–Crippen LogP) is 8.18. The maximum Gasteiger partial charge on any atom is 0.259 e. The summed E-state index contributed by atoms with van der Waals surface area (Å²) in [6.45, 7) is 0. The summed E-state index contributed by atoms with van der Waals surface area (Å²) in [5, 5.41) is 21.4. The van der Waals surface area contributed by atoms with E-state index >= 15 is 0 Å². The van der Waals surface area contributed by atoms with Gasteiger partial charge in [0.05, 0.1) is 96.4 Å². The molecule has 354 valence electrons. The van der Waals surface area contributed by atoms with E-state index in [1.165, 1.54) is 0 Å². The molecule has 4 bridgehead atoms. The molecule has 4 amide bonds. The van der Waals surface area contributed by atoms with Crippen LogP contribution in [0.25, 0.3) is 87.2 Å². The summed E-state index contributed by atoms with van der Waals surface area (Å²) in [5.74, 6) is 1.12. The molecule has 0 radical (unpaired) electrons. The Balaban J connectivity index is 0.000000129. The van der Waals surface area contributed by atoms with Gasteiger partial charge in [-0.25, -0.2) is 0 Å². The molecule has 5 atom stereocenters. The van der Waals surface area contributed by atoms with E-state index in [2.05, 4.69) is 35.0 Å². The summed E-state index contributed by atoms with van der Waals surface area (Å²) in [4.78, 5) is 66.6. The molecule has 17 nitrogen and oxygen atoms in total. The van der Waals surface area contributed by atoms with E-state index in [0.717, 1.165) is 76.5 Å². The van der Waals surface area contributed by atoms with Crippen molar-refractivity contribution in [1.82, 2.24) is 28.9 Å². The number of aromatic nitrogens is 4. The summed E-state index contributed by atoms with van der Waals surface area (Å²) in [7, 11) is 6.40. The van der Waals surface area contributed by atoms with Gasteiger partial charge in [0.1, 0.15) is 28.5 Å². The van der Waals surface area contributed by atoms with E-state index in [-0.39, 0.29) is 30.0 Å². The smallest absolute Gasteiger partial charge is 0.259 e. The van der Waals surface area contributed by atoms with Gasteiger partial charge in [0.25, 0.3) is 23.6 Å². The lowest BCUT2D eigenvalue weighted by atomic mass is 9.94. The second-order valence-electron chi connectivity index (χ2n) is 19.8. The van der Waals surface area contributed by atoms with E-state index in [1.54, 1.807) is 28.4 Å². The van der Waals surface area contributed by atoms with Crippen molar-refractivity contribution in [3.63, 3.8) is 0 Å². The standard InChI is InChI=1S/C28H21N5O4.C27H19N3O5/c1-36-13-3-5-17-15(8-13)20-22-23(27(35)31-26(22)34)21-16-9-14(37-2)4-6-18(16)33-19-7-12(10-28(19,30)11-29)32(17)24(20)25(21)33;1-34-12-3-5-16-14(9-12)20-22-23(27(33)28-26(22)32)21-15-10-13(35-2)4-6-17(15)30-18-7-11(8-19(18)31)29(16)24(20)25(21)30/h3-6,8-9,12,19H,7,10,30H2,1-2H3,(H,31,34,35);3-6,9-11,18H,7-8H2,1-2H3,(H,28,32,33)/t12-,19?,28+;11-,18?/m00/s1. The molecule has 4 aliphatic heterocycles. The Bertz CT molecular complexity index is 4410. The summed E-state index contributed by atoms with van der Waals surface area (Å²) in [6.07, 6.45) is 2.21. The van der Waals surface area contributed by atoms with E-state index < -0.39 is 29.2 Å². The first kappa shape index (κ1) is 41.0. The molecule has 8 heterocycles. The second-order valence-corrected chi connectivity index (χ2v) is 19.8. The lowest BCUT2D eigenvalue weighted by Gasteiger charge is -2.28. The van der Waals surface area contributed by atoms with Crippen LogP contribution in [0.1, 0.15) is 91.3 Å². The Morgan fingerprint density at radius 2 is 0.889 bits per heavy atom. The second kappa shape index (κ2) is 13.5. The third kappa shape index (κ3) is 4.69. The van der Waals surface area contributed by atoms with Crippen LogP contribution < -0.4 is 35.3 Å². The van der Waals surface area contributed by atoms with Gasteiger partial charge in [-0.3, -0.25) is 34.6 Å². The van der Waals surface area contributed by atoms with E-state index in [4.69, 9.17) is 24.7 Å². The molecule has 17 heteroatoms. The van der Waals surface area contributed by atoms with Crippen molar-refractivity contribution in [2.45, 2.75) is 55.4 Å². The fourth-order valence-electron chi connectivity index (χ4n) is 13.9. The van der Waals surface area contributed by atoms with E-state index in [1.807, 2.05) is 72.8 Å². The Morgan fingerprint density at radius 1 is 0.528 bits per heavy atom. The monoisotopic (exact) mass is 956 g/mol. The number of amides is 4. The van der Waals surface area contributed by atoms with Crippen LogP contribution in [0.15, 0.2) is 72.8 Å². The number of hydrogen-bond donors (Lipinski definition) is 3. The molecule has 2 aliphatic carbocycles. The van der Waals surface area contributed by atoms with Crippen molar-refractivity contribution in [3.8, 4) is 29.1 Å². The minimum atomic E-state index is -1.10. The van der Waals surface area contributed by atoms with Crippen molar-refractivity contribution in [2.24, 2.45) is 5.73 Å². The van der Waals surface area contributed by atoms with Crippen LogP contribution in [0, 0.1) is 11.3 Å². The first-order valence-corrected chi connectivity index (χ1v) is 23.7. The number of ketones is 1. The van der Waals surface area contributed by atoms with Gasteiger partial charge < -0.3 is 42.9 Å². The van der Waals surface area contributed by atoms with Gasteiger partial charge in [-0.15, -0.1) is 0 Å². The van der Waals surface area contributed by atoms with Crippen molar-refractivity contribution in [3.05, 3.63) is 95.1 Å². The zero-order chi connectivity index (χ0) is 49.1. The normalized spacial score (nSPS) is 22.1. The van der Waals surface area contributed by atoms with Crippen LogP contribution in [-0.4, -0.2) is 81.7 Å². The number of methoxy groups -OCH3 is 4. The number of fused-ring (bicyclic) bond motifs is 26. The molecule has 0 saturated heterocycles. The van der Waals surface area contributed by atoms with Gasteiger partial charge in [-0.05, 0) is 85.6 Å². The maximum absolute atomic E-state index is 13.4. The highest BCUT2D eigenvalue weighted by Gasteiger charge is 2.52. The van der Waals surface area contributed by atoms with Gasteiger partial charge in [-0.1, -0.05) is 0 Å². The number of hydrogen-bond acceptors (Lipinski definition) is 11. The number of Topliss-reactive ketones (excluding diaryl/α,β-unsaturated/α-hetero) is 1. The number of nitrogens with zero attached hydrogens (tertiary/aromatic N) is 5. The number of rotatable bonds is 4. The molecule has 16 rings (SSSR count). The molecule has 6 aliphatic rings. The van der Waals surface area contributed by atoms with Crippen LogP contribution in [0.5, 0.6) is 23.0 Å². The number of imide groups is 2. The van der Waals surface area contributed by atoms with Gasteiger partial charge in [-0.2, -0.15) is 5.26 Å². The van der Waals surface area contributed by atoms with Crippen LogP contribution in [0.3, 0.4) is 0 Å². The number of carbonyl (C=O) groups is 5. The largest absolute Gasteiger partial charge is 0.497 e. The van der Waals surface area contributed by atoms with Crippen molar-refractivity contribution in [2.75, 3.05) is 28.4 Å². The number of benzene rings is 6. The molecule has 2 fully saturated rings. The van der Waals surface area contributed by atoms with E-state index in [9.17, 15) is 29.2 Å². The van der Waals surface area contributed by atoms with Crippen molar-refractivity contribution in [1.29, 1.82) is 5.26 Å². The highest BCUT2D eigenvalue weighted by atomic mass is 16.5. The summed E-state index contributed by atoms with van der Waals surface area (Å²) in [6, 6.07) is 24.7. The molecule has 10 aromatic rings. The highest BCUT2D eigenvalue weighted by Crippen LogP contribution is 2.57. The molecular formula is C55H40N8O9. The fourth-order valence-corrected chi connectivity index (χ4v) is 13.9. The first-order chi connectivity index (χ1) is 34.9. The van der Waals surface area contributed by atoms with Gasteiger partial charge in [0.15, 0.2) is 5.78 Å². The number of carbonyl (C=O) groups excluding carboxylic acids is 5. The third-order valence-corrected chi connectivity index (χ3v) is 16.7.